The Morgan fingerprint density at radius 3 is 3.00 bits per heavy atom. The minimum Gasteiger partial charge on any atom is -0.384 e. The van der Waals surface area contributed by atoms with E-state index in [0.29, 0.717) is 25.5 Å². The van der Waals surface area contributed by atoms with Gasteiger partial charge in [-0.05, 0) is 25.0 Å². The molecule has 0 bridgehead atoms. The van der Waals surface area contributed by atoms with Crippen LogP contribution < -0.4 is 16.4 Å². The number of ether oxygens (including phenoxy) is 1. The maximum Gasteiger partial charge on any atom is 0.250 e. The molecule has 1 unspecified atom stereocenters. The Hall–Kier alpha value is -2.38. The van der Waals surface area contributed by atoms with E-state index in [1.54, 1.807) is 4.68 Å². The van der Waals surface area contributed by atoms with Crippen molar-refractivity contribution < 1.29 is 9.53 Å². The third kappa shape index (κ3) is 4.12. The first kappa shape index (κ1) is 16.5. The minimum absolute atomic E-state index is 0.0588. The van der Waals surface area contributed by atoms with Crippen LogP contribution in [0.1, 0.15) is 12.1 Å². The highest BCUT2D eigenvalue weighted by Gasteiger charge is 2.20. The van der Waals surface area contributed by atoms with Gasteiger partial charge in [-0.15, -0.1) is 0 Å². The maximum atomic E-state index is 11.9. The smallest absolute Gasteiger partial charge is 0.250 e. The van der Waals surface area contributed by atoms with Gasteiger partial charge >= 0.3 is 0 Å². The number of nitrogens with two attached hydrogens (primary N) is 1. The summed E-state index contributed by atoms with van der Waals surface area (Å²) in [6, 6.07) is 11.7. The summed E-state index contributed by atoms with van der Waals surface area (Å²) in [5, 5.41) is 10.6. The lowest BCUT2D eigenvalue weighted by molar-refractivity contribution is -0.134. The number of amides is 1. The Bertz CT molecular complexity index is 665. The van der Waals surface area contributed by atoms with Gasteiger partial charge in [0.1, 0.15) is 11.9 Å². The highest BCUT2D eigenvalue weighted by molar-refractivity contribution is 5.81. The summed E-state index contributed by atoms with van der Waals surface area (Å²) in [7, 11) is 0. The lowest BCUT2D eigenvalue weighted by Gasteiger charge is -2.22. The molecule has 4 N–H and O–H groups in total. The van der Waals surface area contributed by atoms with Crippen LogP contribution in [0.25, 0.3) is 5.69 Å². The largest absolute Gasteiger partial charge is 0.384 e. The van der Waals surface area contributed by atoms with E-state index in [-0.39, 0.29) is 12.0 Å². The van der Waals surface area contributed by atoms with E-state index in [0.717, 1.165) is 30.8 Å². The summed E-state index contributed by atoms with van der Waals surface area (Å²) in [4.78, 5) is 11.9. The van der Waals surface area contributed by atoms with Crippen LogP contribution in [0.2, 0.25) is 0 Å². The zero-order chi connectivity index (χ0) is 16.8. The van der Waals surface area contributed by atoms with E-state index in [2.05, 4.69) is 15.7 Å². The number of para-hydroxylation sites is 1. The Morgan fingerprint density at radius 2 is 2.25 bits per heavy atom. The summed E-state index contributed by atoms with van der Waals surface area (Å²) in [5.41, 5.74) is 7.89. The summed E-state index contributed by atoms with van der Waals surface area (Å²) in [6.45, 7) is 2.55. The zero-order valence-corrected chi connectivity index (χ0v) is 13.6. The molecule has 1 aliphatic rings. The maximum absolute atomic E-state index is 11.9. The average molecular weight is 329 g/mol. The third-order valence-corrected chi connectivity index (χ3v) is 3.92. The standard InChI is InChI=1S/C17H23N5O2/c18-16-11-13(21-22(16)14-6-2-1-3-7-14)5-4-8-20-17(23)15-12-19-9-10-24-15/h1-3,6-7,11,15,19H,4-5,8-10,12,18H2,(H,20,23). The quantitative estimate of drug-likeness (QED) is 0.671. The molecule has 0 saturated carbocycles. The molecule has 1 fully saturated rings. The number of nitrogen functional groups attached to an aromatic ring is 1. The second kappa shape index (κ2) is 7.94. The van der Waals surface area contributed by atoms with Crippen LogP contribution in [0.3, 0.4) is 0 Å². The van der Waals surface area contributed by atoms with Crippen molar-refractivity contribution in [2.45, 2.75) is 18.9 Å². The number of aromatic nitrogens is 2. The fourth-order valence-corrected chi connectivity index (χ4v) is 2.67. The first-order valence-electron chi connectivity index (χ1n) is 8.24. The van der Waals surface area contributed by atoms with Crippen LogP contribution in [0.4, 0.5) is 5.82 Å². The van der Waals surface area contributed by atoms with Gasteiger partial charge < -0.3 is 21.1 Å². The fraction of sp³-hybridized carbons (Fsp3) is 0.412. The molecule has 1 saturated heterocycles. The Labute approximate surface area is 141 Å². The van der Waals surface area contributed by atoms with Crippen LogP contribution in [0, 0.1) is 0 Å². The van der Waals surface area contributed by atoms with Gasteiger partial charge in [0.25, 0.3) is 0 Å². The Balaban J connectivity index is 1.46. The number of morpholine rings is 1. The van der Waals surface area contributed by atoms with Crippen molar-refractivity contribution in [3.8, 4) is 5.69 Å². The van der Waals surface area contributed by atoms with Gasteiger partial charge in [-0.1, -0.05) is 18.2 Å². The number of carbonyl (C=O) groups is 1. The molecular formula is C17H23N5O2. The van der Waals surface area contributed by atoms with E-state index in [4.69, 9.17) is 10.5 Å². The first-order valence-corrected chi connectivity index (χ1v) is 8.24. The van der Waals surface area contributed by atoms with Crippen molar-refractivity contribution in [3.63, 3.8) is 0 Å². The molecule has 0 aliphatic carbocycles. The van der Waals surface area contributed by atoms with Gasteiger partial charge in [0.2, 0.25) is 5.91 Å². The average Bonchev–Trinajstić information content (AvgIpc) is 3.01. The molecule has 1 amide bonds. The predicted molar refractivity (Wildman–Crippen MR) is 91.9 cm³/mol. The first-order chi connectivity index (χ1) is 11.7. The van der Waals surface area contributed by atoms with Crippen LogP contribution in [0.5, 0.6) is 0 Å². The fourth-order valence-electron chi connectivity index (χ4n) is 2.67. The molecule has 0 spiro atoms. The number of aryl methyl sites for hydroxylation is 1. The number of benzene rings is 1. The topological polar surface area (TPSA) is 94.2 Å². The van der Waals surface area contributed by atoms with Gasteiger partial charge in [-0.2, -0.15) is 5.10 Å². The lowest BCUT2D eigenvalue weighted by Crippen LogP contribution is -2.48. The lowest BCUT2D eigenvalue weighted by atomic mass is 10.2. The second-order valence-electron chi connectivity index (χ2n) is 5.77. The van der Waals surface area contributed by atoms with Gasteiger partial charge in [-0.25, -0.2) is 4.68 Å². The molecule has 7 nitrogen and oxygen atoms in total. The number of anilines is 1. The summed E-state index contributed by atoms with van der Waals surface area (Å²) >= 11 is 0. The molecule has 1 aromatic heterocycles. The van der Waals surface area contributed by atoms with E-state index in [1.165, 1.54) is 0 Å². The molecule has 2 heterocycles. The molecule has 2 aromatic rings. The summed E-state index contributed by atoms with van der Waals surface area (Å²) < 4.78 is 7.15. The van der Waals surface area contributed by atoms with Gasteiger partial charge in [-0.3, -0.25) is 4.79 Å². The number of nitrogens with one attached hydrogen (secondary N) is 2. The monoisotopic (exact) mass is 329 g/mol. The second-order valence-corrected chi connectivity index (χ2v) is 5.77. The molecule has 24 heavy (non-hydrogen) atoms. The van der Waals surface area contributed by atoms with Gasteiger partial charge in [0.05, 0.1) is 18.0 Å². The molecule has 3 rings (SSSR count). The highest BCUT2D eigenvalue weighted by atomic mass is 16.5. The predicted octanol–water partition coefficient (Wildman–Crippen LogP) is 0.492. The van der Waals surface area contributed by atoms with Gasteiger partial charge in [0, 0.05) is 25.7 Å². The molecule has 1 aliphatic heterocycles. The molecular weight excluding hydrogens is 306 g/mol. The van der Waals surface area contributed by atoms with E-state index >= 15 is 0 Å². The third-order valence-electron chi connectivity index (χ3n) is 3.92. The van der Waals surface area contributed by atoms with E-state index in [1.807, 2.05) is 36.4 Å². The number of rotatable bonds is 6. The molecule has 128 valence electrons. The molecule has 1 aromatic carbocycles. The van der Waals surface area contributed by atoms with E-state index in [9.17, 15) is 4.79 Å². The van der Waals surface area contributed by atoms with Crippen LogP contribution >= 0.6 is 0 Å². The zero-order valence-electron chi connectivity index (χ0n) is 13.6. The van der Waals surface area contributed by atoms with Crippen molar-refractivity contribution in [2.24, 2.45) is 0 Å². The number of nitrogens with zero attached hydrogens (tertiary/aromatic N) is 2. The molecule has 0 radical (unpaired) electrons. The molecule has 1 atom stereocenters. The van der Waals surface area contributed by atoms with Crippen LogP contribution in [-0.4, -0.2) is 48.0 Å². The SMILES string of the molecule is Nc1cc(CCCNC(=O)C2CNCCO2)nn1-c1ccccc1. The number of hydrogen-bond acceptors (Lipinski definition) is 5. The van der Waals surface area contributed by atoms with Crippen molar-refractivity contribution in [2.75, 3.05) is 32.0 Å². The molecule has 7 heteroatoms. The van der Waals surface area contributed by atoms with Crippen molar-refractivity contribution in [3.05, 3.63) is 42.1 Å². The van der Waals surface area contributed by atoms with E-state index < -0.39 is 0 Å². The minimum atomic E-state index is -0.383. The Kier molecular flexibility index (Phi) is 5.45. The van der Waals surface area contributed by atoms with Gasteiger partial charge in [0.15, 0.2) is 0 Å². The van der Waals surface area contributed by atoms with Crippen LogP contribution in [-0.2, 0) is 16.0 Å². The number of carbonyl (C=O) groups excluding carboxylic acids is 1. The van der Waals surface area contributed by atoms with Crippen molar-refractivity contribution >= 4 is 11.7 Å². The number of hydrogen-bond donors (Lipinski definition) is 3. The van der Waals surface area contributed by atoms with Crippen molar-refractivity contribution in [1.82, 2.24) is 20.4 Å². The summed E-state index contributed by atoms with van der Waals surface area (Å²) in [6.07, 6.45) is 1.18. The highest BCUT2D eigenvalue weighted by Crippen LogP contribution is 2.14. The van der Waals surface area contributed by atoms with Crippen molar-refractivity contribution in [1.29, 1.82) is 0 Å². The normalized spacial score (nSPS) is 17.6. The Morgan fingerprint density at radius 1 is 1.42 bits per heavy atom. The van der Waals surface area contributed by atoms with Crippen LogP contribution in [0.15, 0.2) is 36.4 Å². The summed E-state index contributed by atoms with van der Waals surface area (Å²) in [5.74, 6) is 0.554.